The first-order valence-electron chi connectivity index (χ1n) is 10.9. The van der Waals surface area contributed by atoms with Crippen molar-refractivity contribution in [2.75, 3.05) is 32.7 Å². The number of likely N-dealkylation sites (tertiary alicyclic amines) is 2. The molecule has 2 aromatic rings. The molecule has 2 aromatic heterocycles. The number of nitrogens with zero attached hydrogens (tertiary/aromatic N) is 3. The molecule has 6 nitrogen and oxygen atoms in total. The number of furan rings is 1. The van der Waals surface area contributed by atoms with Gasteiger partial charge in [0.2, 0.25) is 5.91 Å². The largest absolute Gasteiger partial charge is 0.469 e. The van der Waals surface area contributed by atoms with Crippen molar-refractivity contribution >= 4 is 5.91 Å². The summed E-state index contributed by atoms with van der Waals surface area (Å²) < 4.78 is 5.34. The van der Waals surface area contributed by atoms with Gasteiger partial charge in [0.1, 0.15) is 5.76 Å². The summed E-state index contributed by atoms with van der Waals surface area (Å²) in [5.74, 6) is 1.25. The van der Waals surface area contributed by atoms with Crippen LogP contribution in [0, 0.1) is 5.92 Å². The van der Waals surface area contributed by atoms with Crippen LogP contribution in [0.4, 0.5) is 0 Å². The molecule has 4 rings (SSSR count). The zero-order valence-corrected chi connectivity index (χ0v) is 17.1. The normalized spacial score (nSPS) is 21.9. The second-order valence-corrected chi connectivity index (χ2v) is 8.32. The standard InChI is InChI=1S/C23H32N4O2/c28-23(25-11-7-22-6-3-15-29-22)20-5-2-12-27(18-20)21-8-13-26(14-9-21)17-19-4-1-10-24-16-19/h1,3-4,6,10,15-16,20-21H,2,5,7-9,11-14,17-18H2,(H,25,28). The summed E-state index contributed by atoms with van der Waals surface area (Å²) in [6.45, 7) is 5.91. The lowest BCUT2D eigenvalue weighted by molar-refractivity contribution is -0.127. The molecule has 156 valence electrons. The highest BCUT2D eigenvalue weighted by Gasteiger charge is 2.31. The summed E-state index contributed by atoms with van der Waals surface area (Å²) in [4.78, 5) is 21.9. The van der Waals surface area contributed by atoms with E-state index >= 15 is 0 Å². The number of hydrogen-bond acceptors (Lipinski definition) is 5. The highest BCUT2D eigenvalue weighted by atomic mass is 16.3. The van der Waals surface area contributed by atoms with Gasteiger partial charge in [0, 0.05) is 44.5 Å². The lowest BCUT2D eigenvalue weighted by atomic mass is 9.93. The maximum absolute atomic E-state index is 12.6. The second kappa shape index (κ2) is 10.0. The van der Waals surface area contributed by atoms with Gasteiger partial charge in [-0.25, -0.2) is 0 Å². The molecular formula is C23H32N4O2. The van der Waals surface area contributed by atoms with E-state index in [1.54, 1.807) is 6.26 Å². The summed E-state index contributed by atoms with van der Waals surface area (Å²) in [5.41, 5.74) is 1.29. The number of hydrogen-bond donors (Lipinski definition) is 1. The molecule has 0 radical (unpaired) electrons. The predicted octanol–water partition coefficient (Wildman–Crippen LogP) is 2.71. The minimum Gasteiger partial charge on any atom is -0.469 e. The van der Waals surface area contributed by atoms with Crippen LogP contribution in [0.3, 0.4) is 0 Å². The Hall–Kier alpha value is -2.18. The highest BCUT2D eigenvalue weighted by Crippen LogP contribution is 2.24. The van der Waals surface area contributed by atoms with Crippen molar-refractivity contribution in [1.82, 2.24) is 20.1 Å². The highest BCUT2D eigenvalue weighted by molar-refractivity contribution is 5.78. The monoisotopic (exact) mass is 396 g/mol. The number of piperidine rings is 2. The average molecular weight is 397 g/mol. The van der Waals surface area contributed by atoms with Crippen molar-refractivity contribution in [3.63, 3.8) is 0 Å². The first-order valence-corrected chi connectivity index (χ1v) is 10.9. The first-order chi connectivity index (χ1) is 14.3. The molecule has 2 saturated heterocycles. The summed E-state index contributed by atoms with van der Waals surface area (Å²) in [5, 5.41) is 3.11. The average Bonchev–Trinajstić information content (AvgIpc) is 3.29. The first kappa shape index (κ1) is 20.1. The molecule has 2 fully saturated rings. The van der Waals surface area contributed by atoms with Crippen molar-refractivity contribution in [2.24, 2.45) is 5.92 Å². The van der Waals surface area contributed by atoms with Gasteiger partial charge in [-0.2, -0.15) is 0 Å². The van der Waals surface area contributed by atoms with Crippen LogP contribution in [0.1, 0.15) is 37.0 Å². The van der Waals surface area contributed by atoms with Crippen LogP contribution in [0.5, 0.6) is 0 Å². The number of aromatic nitrogens is 1. The van der Waals surface area contributed by atoms with Crippen LogP contribution in [0.15, 0.2) is 47.3 Å². The number of carbonyl (C=O) groups is 1. The van der Waals surface area contributed by atoms with Crippen molar-refractivity contribution in [3.05, 3.63) is 54.2 Å². The summed E-state index contributed by atoms with van der Waals surface area (Å²) in [7, 11) is 0. The molecule has 0 bridgehead atoms. The van der Waals surface area contributed by atoms with Crippen LogP contribution in [-0.4, -0.2) is 59.5 Å². The Balaban J connectivity index is 1.20. The molecular weight excluding hydrogens is 364 g/mol. The number of nitrogens with one attached hydrogen (secondary N) is 1. The Labute approximate surface area is 173 Å². The Morgan fingerprint density at radius 1 is 1.17 bits per heavy atom. The van der Waals surface area contributed by atoms with Crippen LogP contribution in [-0.2, 0) is 17.8 Å². The molecule has 1 atom stereocenters. The van der Waals surface area contributed by atoms with Gasteiger partial charge < -0.3 is 9.73 Å². The van der Waals surface area contributed by atoms with Gasteiger partial charge in [0.15, 0.2) is 0 Å². The van der Waals surface area contributed by atoms with Gasteiger partial charge >= 0.3 is 0 Å². The number of rotatable bonds is 7. The molecule has 1 amide bonds. The SMILES string of the molecule is O=C(NCCc1ccco1)C1CCCN(C2CCN(Cc3cccnc3)CC2)C1. The van der Waals surface area contributed by atoms with E-state index in [4.69, 9.17) is 4.42 Å². The minimum atomic E-state index is 0.119. The molecule has 0 aromatic carbocycles. The topological polar surface area (TPSA) is 61.6 Å². The van der Waals surface area contributed by atoms with E-state index < -0.39 is 0 Å². The van der Waals surface area contributed by atoms with Crippen LogP contribution in [0.25, 0.3) is 0 Å². The maximum atomic E-state index is 12.6. The quantitative estimate of drug-likeness (QED) is 0.780. The number of carbonyl (C=O) groups excluding carboxylic acids is 1. The molecule has 0 spiro atoms. The second-order valence-electron chi connectivity index (χ2n) is 8.32. The van der Waals surface area contributed by atoms with E-state index in [0.29, 0.717) is 12.6 Å². The Bertz CT molecular complexity index is 742. The van der Waals surface area contributed by atoms with Gasteiger partial charge in [0.05, 0.1) is 12.2 Å². The third kappa shape index (κ3) is 5.67. The van der Waals surface area contributed by atoms with Gasteiger partial charge in [0.25, 0.3) is 0 Å². The number of amides is 1. The van der Waals surface area contributed by atoms with Gasteiger partial charge in [-0.15, -0.1) is 0 Å². The van der Waals surface area contributed by atoms with Crippen LogP contribution in [0.2, 0.25) is 0 Å². The molecule has 2 aliphatic rings. The van der Waals surface area contributed by atoms with Crippen molar-refractivity contribution in [1.29, 1.82) is 0 Å². The smallest absolute Gasteiger partial charge is 0.224 e. The van der Waals surface area contributed by atoms with E-state index in [9.17, 15) is 4.79 Å². The summed E-state index contributed by atoms with van der Waals surface area (Å²) >= 11 is 0. The fourth-order valence-electron chi connectivity index (χ4n) is 4.65. The molecule has 2 aliphatic heterocycles. The van der Waals surface area contributed by atoms with Gasteiger partial charge in [-0.1, -0.05) is 6.07 Å². The molecule has 0 saturated carbocycles. The van der Waals surface area contributed by atoms with Crippen molar-refractivity contribution in [3.8, 4) is 0 Å². The Morgan fingerprint density at radius 2 is 2.07 bits per heavy atom. The summed E-state index contributed by atoms with van der Waals surface area (Å²) in [6.07, 6.45) is 10.7. The lowest BCUT2D eigenvalue weighted by Gasteiger charge is -2.42. The molecule has 0 aliphatic carbocycles. The Morgan fingerprint density at radius 3 is 2.83 bits per heavy atom. The molecule has 1 unspecified atom stereocenters. The molecule has 6 heteroatoms. The Kier molecular flexibility index (Phi) is 6.96. The van der Waals surface area contributed by atoms with Crippen molar-refractivity contribution < 1.29 is 9.21 Å². The van der Waals surface area contributed by atoms with E-state index in [1.165, 1.54) is 18.4 Å². The zero-order valence-electron chi connectivity index (χ0n) is 17.1. The molecule has 4 heterocycles. The summed E-state index contributed by atoms with van der Waals surface area (Å²) in [6, 6.07) is 8.61. The molecule has 29 heavy (non-hydrogen) atoms. The third-order valence-electron chi connectivity index (χ3n) is 6.28. The van der Waals surface area contributed by atoms with E-state index in [1.807, 2.05) is 30.6 Å². The van der Waals surface area contributed by atoms with E-state index in [-0.39, 0.29) is 11.8 Å². The fourth-order valence-corrected chi connectivity index (χ4v) is 4.65. The lowest BCUT2D eigenvalue weighted by Crippen LogP contribution is -2.50. The van der Waals surface area contributed by atoms with Crippen LogP contribution >= 0.6 is 0 Å². The molecule has 1 N–H and O–H groups in total. The third-order valence-corrected chi connectivity index (χ3v) is 6.28. The zero-order chi connectivity index (χ0) is 19.9. The van der Waals surface area contributed by atoms with Gasteiger partial charge in [-0.05, 0) is 69.1 Å². The van der Waals surface area contributed by atoms with Crippen LogP contribution < -0.4 is 5.32 Å². The predicted molar refractivity (Wildman–Crippen MR) is 112 cm³/mol. The minimum absolute atomic E-state index is 0.119. The maximum Gasteiger partial charge on any atom is 0.224 e. The van der Waals surface area contributed by atoms with Gasteiger partial charge in [-0.3, -0.25) is 19.6 Å². The number of pyridine rings is 1. The van der Waals surface area contributed by atoms with Crippen molar-refractivity contribution in [2.45, 2.75) is 44.7 Å². The van der Waals surface area contributed by atoms with E-state index in [2.05, 4.69) is 26.2 Å². The fraction of sp³-hybridized carbons (Fsp3) is 0.565. The van der Waals surface area contributed by atoms with E-state index in [0.717, 1.165) is 57.7 Å².